The zero-order valence-corrected chi connectivity index (χ0v) is 18.1. The van der Waals surface area contributed by atoms with Gasteiger partial charge in [-0.2, -0.15) is 0 Å². The first kappa shape index (κ1) is 21.2. The summed E-state index contributed by atoms with van der Waals surface area (Å²) in [4.78, 5) is 43.6. The largest absolute Gasteiger partial charge is 0.459 e. The molecule has 0 aliphatic carbocycles. The highest BCUT2D eigenvalue weighted by atomic mass is 16.3. The van der Waals surface area contributed by atoms with Gasteiger partial charge in [-0.1, -0.05) is 32.0 Å². The van der Waals surface area contributed by atoms with Crippen molar-refractivity contribution in [3.63, 3.8) is 0 Å². The van der Waals surface area contributed by atoms with Crippen molar-refractivity contribution >= 4 is 23.4 Å². The van der Waals surface area contributed by atoms with Crippen LogP contribution in [0.15, 0.2) is 47.1 Å². The number of para-hydroxylation sites is 1. The number of carbonyl (C=O) groups is 3. The number of hydrogen-bond acceptors (Lipinski definition) is 4. The van der Waals surface area contributed by atoms with Crippen LogP contribution in [0.4, 0.5) is 5.69 Å². The van der Waals surface area contributed by atoms with Crippen molar-refractivity contribution in [1.29, 1.82) is 0 Å². The van der Waals surface area contributed by atoms with Crippen molar-refractivity contribution in [2.75, 3.05) is 37.6 Å². The Kier molecular flexibility index (Phi) is 6.11. The summed E-state index contributed by atoms with van der Waals surface area (Å²) in [7, 11) is 0. The van der Waals surface area contributed by atoms with Gasteiger partial charge in [0, 0.05) is 44.8 Å². The van der Waals surface area contributed by atoms with E-state index in [-0.39, 0.29) is 30.1 Å². The SMILES string of the molecule is CC[C@@H](C)c1ccccc1N1C[C@@H](C(=O)N2CCN(C(=O)c3ccco3)CC2)CC1=O. The molecule has 0 N–H and O–H groups in total. The molecule has 2 aliphatic heterocycles. The molecule has 164 valence electrons. The number of anilines is 1. The zero-order chi connectivity index (χ0) is 22.0. The van der Waals surface area contributed by atoms with Crippen molar-refractivity contribution < 1.29 is 18.8 Å². The van der Waals surface area contributed by atoms with Crippen LogP contribution in [-0.4, -0.2) is 60.2 Å². The normalized spacial score (nSPS) is 20.3. The predicted molar refractivity (Wildman–Crippen MR) is 117 cm³/mol. The molecule has 2 fully saturated rings. The maximum atomic E-state index is 13.1. The first-order chi connectivity index (χ1) is 15.0. The quantitative estimate of drug-likeness (QED) is 0.741. The minimum atomic E-state index is -0.343. The fourth-order valence-corrected chi connectivity index (χ4v) is 4.42. The Bertz CT molecular complexity index is 947. The molecule has 1 aromatic carbocycles. The van der Waals surface area contributed by atoms with Crippen molar-refractivity contribution in [2.45, 2.75) is 32.6 Å². The predicted octanol–water partition coefficient (Wildman–Crippen LogP) is 3.13. The topological polar surface area (TPSA) is 74.1 Å². The molecule has 7 heteroatoms. The van der Waals surface area contributed by atoms with Gasteiger partial charge in [-0.15, -0.1) is 0 Å². The molecule has 1 aromatic heterocycles. The highest BCUT2D eigenvalue weighted by molar-refractivity contribution is 6.01. The van der Waals surface area contributed by atoms with Crippen molar-refractivity contribution in [2.24, 2.45) is 5.92 Å². The minimum Gasteiger partial charge on any atom is -0.459 e. The number of nitrogens with zero attached hydrogens (tertiary/aromatic N) is 3. The summed E-state index contributed by atoms with van der Waals surface area (Å²) >= 11 is 0. The van der Waals surface area contributed by atoms with E-state index in [0.717, 1.165) is 17.7 Å². The number of amides is 3. The van der Waals surface area contributed by atoms with E-state index < -0.39 is 0 Å². The number of hydrogen-bond donors (Lipinski definition) is 0. The average Bonchev–Trinajstić information content (AvgIpc) is 3.48. The molecule has 0 unspecified atom stereocenters. The summed E-state index contributed by atoms with van der Waals surface area (Å²) in [5.74, 6) is 0.170. The second-order valence-corrected chi connectivity index (χ2v) is 8.37. The molecule has 2 saturated heterocycles. The molecule has 0 bridgehead atoms. The summed E-state index contributed by atoms with van der Waals surface area (Å²) < 4.78 is 5.19. The van der Waals surface area contributed by atoms with Gasteiger partial charge in [-0.25, -0.2) is 0 Å². The van der Waals surface area contributed by atoms with E-state index in [9.17, 15) is 14.4 Å². The van der Waals surface area contributed by atoms with Gasteiger partial charge >= 0.3 is 0 Å². The third-order valence-corrected chi connectivity index (χ3v) is 6.46. The van der Waals surface area contributed by atoms with E-state index in [1.807, 2.05) is 18.2 Å². The number of carbonyl (C=O) groups excluding carboxylic acids is 3. The van der Waals surface area contributed by atoms with Crippen LogP contribution in [0.2, 0.25) is 0 Å². The van der Waals surface area contributed by atoms with Gasteiger partial charge in [0.2, 0.25) is 11.8 Å². The summed E-state index contributed by atoms with van der Waals surface area (Å²) in [5.41, 5.74) is 2.07. The molecule has 31 heavy (non-hydrogen) atoms. The number of benzene rings is 1. The van der Waals surface area contributed by atoms with Crippen LogP contribution in [0.3, 0.4) is 0 Å². The Morgan fingerprint density at radius 2 is 1.77 bits per heavy atom. The van der Waals surface area contributed by atoms with E-state index in [1.54, 1.807) is 26.8 Å². The highest BCUT2D eigenvalue weighted by Crippen LogP contribution is 2.34. The van der Waals surface area contributed by atoms with E-state index >= 15 is 0 Å². The Labute approximate surface area is 182 Å². The van der Waals surface area contributed by atoms with Gasteiger partial charge in [0.25, 0.3) is 5.91 Å². The third-order valence-electron chi connectivity index (χ3n) is 6.46. The lowest BCUT2D eigenvalue weighted by Crippen LogP contribution is -2.52. The van der Waals surface area contributed by atoms with Crippen LogP contribution < -0.4 is 4.90 Å². The standard InChI is InChI=1S/C24H29N3O4/c1-3-17(2)19-7-4-5-8-20(19)27-16-18(15-22(27)28)23(29)25-10-12-26(13-11-25)24(30)21-9-6-14-31-21/h4-9,14,17-18H,3,10-13,15-16H2,1-2H3/t17-,18+/m1/s1. The van der Waals surface area contributed by atoms with E-state index in [4.69, 9.17) is 4.42 Å². The van der Waals surface area contributed by atoms with Crippen molar-refractivity contribution in [3.05, 3.63) is 54.0 Å². The molecule has 2 atom stereocenters. The lowest BCUT2D eigenvalue weighted by molar-refractivity contribution is -0.137. The Balaban J connectivity index is 1.39. The Hall–Kier alpha value is -3.09. The van der Waals surface area contributed by atoms with E-state index in [0.29, 0.717) is 44.4 Å². The molecule has 0 radical (unpaired) electrons. The van der Waals surface area contributed by atoms with Gasteiger partial charge in [-0.3, -0.25) is 14.4 Å². The molecule has 7 nitrogen and oxygen atoms in total. The fraction of sp³-hybridized carbons (Fsp3) is 0.458. The second kappa shape index (κ2) is 8.96. The number of rotatable bonds is 5. The summed E-state index contributed by atoms with van der Waals surface area (Å²) in [6.45, 7) is 6.58. The van der Waals surface area contributed by atoms with E-state index in [1.165, 1.54) is 6.26 Å². The molecular formula is C24H29N3O4. The molecule has 3 amide bonds. The van der Waals surface area contributed by atoms with E-state index in [2.05, 4.69) is 19.9 Å². The molecule has 2 aromatic rings. The van der Waals surface area contributed by atoms with Gasteiger partial charge in [-0.05, 0) is 36.1 Å². The summed E-state index contributed by atoms with van der Waals surface area (Å²) in [6, 6.07) is 11.3. The minimum absolute atomic E-state index is 0.000682. The molecule has 2 aliphatic rings. The second-order valence-electron chi connectivity index (χ2n) is 8.37. The van der Waals surface area contributed by atoms with Gasteiger partial charge < -0.3 is 19.1 Å². The van der Waals surface area contributed by atoms with Crippen LogP contribution in [0.5, 0.6) is 0 Å². The summed E-state index contributed by atoms with van der Waals surface area (Å²) in [5, 5.41) is 0. The molecule has 3 heterocycles. The van der Waals surface area contributed by atoms with Crippen molar-refractivity contribution in [3.8, 4) is 0 Å². The zero-order valence-electron chi connectivity index (χ0n) is 18.1. The molecule has 0 saturated carbocycles. The first-order valence-corrected chi connectivity index (χ1v) is 11.0. The van der Waals surface area contributed by atoms with Crippen LogP contribution >= 0.6 is 0 Å². The van der Waals surface area contributed by atoms with Crippen LogP contribution in [0.1, 0.15) is 48.7 Å². The average molecular weight is 424 g/mol. The highest BCUT2D eigenvalue weighted by Gasteiger charge is 2.39. The Morgan fingerprint density at radius 1 is 1.06 bits per heavy atom. The summed E-state index contributed by atoms with van der Waals surface area (Å²) in [6.07, 6.45) is 2.71. The third kappa shape index (κ3) is 4.22. The van der Waals surface area contributed by atoms with Crippen LogP contribution in [0.25, 0.3) is 0 Å². The maximum absolute atomic E-state index is 13.1. The maximum Gasteiger partial charge on any atom is 0.289 e. The number of piperazine rings is 1. The molecular weight excluding hydrogens is 394 g/mol. The fourth-order valence-electron chi connectivity index (χ4n) is 4.42. The van der Waals surface area contributed by atoms with Crippen LogP contribution in [0, 0.1) is 5.92 Å². The van der Waals surface area contributed by atoms with Crippen molar-refractivity contribution in [1.82, 2.24) is 9.80 Å². The van der Waals surface area contributed by atoms with Crippen LogP contribution in [-0.2, 0) is 9.59 Å². The molecule has 4 rings (SSSR count). The van der Waals surface area contributed by atoms with Gasteiger partial charge in [0.1, 0.15) is 0 Å². The first-order valence-electron chi connectivity index (χ1n) is 11.0. The monoisotopic (exact) mass is 423 g/mol. The smallest absolute Gasteiger partial charge is 0.289 e. The molecule has 0 spiro atoms. The van der Waals surface area contributed by atoms with Gasteiger partial charge in [0.15, 0.2) is 5.76 Å². The lowest BCUT2D eigenvalue weighted by Gasteiger charge is -2.35. The lowest BCUT2D eigenvalue weighted by atomic mass is 9.96. The van der Waals surface area contributed by atoms with Gasteiger partial charge in [0.05, 0.1) is 12.2 Å². The Morgan fingerprint density at radius 3 is 2.45 bits per heavy atom. The number of furan rings is 1.